The Labute approximate surface area is 273 Å². The van der Waals surface area contributed by atoms with Crippen molar-refractivity contribution in [3.05, 3.63) is 95.6 Å². The summed E-state index contributed by atoms with van der Waals surface area (Å²) in [6.07, 6.45) is 5.24. The van der Waals surface area contributed by atoms with Gasteiger partial charge in [-0.2, -0.15) is 0 Å². The van der Waals surface area contributed by atoms with Gasteiger partial charge in [-0.15, -0.1) is 0 Å². The molecule has 9 heteroatoms. The van der Waals surface area contributed by atoms with Gasteiger partial charge in [0.15, 0.2) is 0 Å². The number of phenolic OH excluding ortho intramolecular Hbond substituents is 2. The van der Waals surface area contributed by atoms with E-state index in [2.05, 4.69) is 17.6 Å². The molecule has 9 nitrogen and oxygen atoms in total. The Bertz CT molecular complexity index is 1370. The van der Waals surface area contributed by atoms with Crippen LogP contribution in [0.25, 0.3) is 0 Å². The molecule has 0 saturated carbocycles. The third-order valence-corrected chi connectivity index (χ3v) is 7.48. The molecule has 0 spiro atoms. The standard InChI is InChI=1S/C37H49N3O6/c1-5-6-7-8-9-13-24-40(33(29-18-22-31(42)23-19-29)34(43)38-26-28-14-11-10-12-15-28)35(44)32(39-36(45)46-37(2,3)4)25-27-16-20-30(41)21-17-27/h10-12,14-23,32-33,41-42H,5-9,13,24-26H2,1-4H3,(H,38,43)(H,39,45). The lowest BCUT2D eigenvalue weighted by atomic mass is 9.99. The zero-order valence-corrected chi connectivity index (χ0v) is 27.5. The van der Waals surface area contributed by atoms with Crippen LogP contribution < -0.4 is 10.6 Å². The quantitative estimate of drug-likeness (QED) is 0.129. The zero-order chi connectivity index (χ0) is 33.5. The summed E-state index contributed by atoms with van der Waals surface area (Å²) in [5.74, 6) is -0.702. The number of ether oxygens (including phenoxy) is 1. The maximum absolute atomic E-state index is 14.6. The summed E-state index contributed by atoms with van der Waals surface area (Å²) in [6, 6.07) is 20.1. The first-order valence-corrected chi connectivity index (χ1v) is 16.2. The van der Waals surface area contributed by atoms with Gasteiger partial charge in [-0.3, -0.25) is 9.59 Å². The highest BCUT2D eigenvalue weighted by atomic mass is 16.6. The van der Waals surface area contributed by atoms with Crippen LogP contribution in [0.15, 0.2) is 78.9 Å². The first kappa shape index (κ1) is 35.9. The summed E-state index contributed by atoms with van der Waals surface area (Å²) in [5, 5.41) is 25.6. The van der Waals surface area contributed by atoms with E-state index in [4.69, 9.17) is 4.74 Å². The second kappa shape index (κ2) is 17.8. The van der Waals surface area contributed by atoms with Crippen molar-refractivity contribution < 1.29 is 29.3 Å². The van der Waals surface area contributed by atoms with Crippen LogP contribution in [0.2, 0.25) is 0 Å². The van der Waals surface area contributed by atoms with E-state index in [9.17, 15) is 24.6 Å². The van der Waals surface area contributed by atoms with Gasteiger partial charge in [0, 0.05) is 19.5 Å². The number of hydrogen-bond donors (Lipinski definition) is 4. The van der Waals surface area contributed by atoms with Gasteiger partial charge in [0.1, 0.15) is 29.2 Å². The Morgan fingerprint density at radius 1 is 0.783 bits per heavy atom. The Kier molecular flexibility index (Phi) is 13.9. The Morgan fingerprint density at radius 3 is 1.98 bits per heavy atom. The molecule has 2 atom stereocenters. The Hall–Kier alpha value is -4.53. The number of carbonyl (C=O) groups excluding carboxylic acids is 3. The lowest BCUT2D eigenvalue weighted by Gasteiger charge is -2.35. The van der Waals surface area contributed by atoms with Crippen molar-refractivity contribution in [3.8, 4) is 11.5 Å². The van der Waals surface area contributed by atoms with E-state index in [1.165, 1.54) is 29.2 Å². The molecular formula is C37H49N3O6. The smallest absolute Gasteiger partial charge is 0.408 e. The number of aromatic hydroxyl groups is 2. The first-order valence-electron chi connectivity index (χ1n) is 16.2. The number of hydrogen-bond acceptors (Lipinski definition) is 6. The number of unbranched alkanes of at least 4 members (excludes halogenated alkanes) is 5. The lowest BCUT2D eigenvalue weighted by Crippen LogP contribution is -2.54. The van der Waals surface area contributed by atoms with Crippen LogP contribution in [-0.4, -0.2) is 51.2 Å². The molecule has 0 saturated heterocycles. The van der Waals surface area contributed by atoms with Crippen molar-refractivity contribution in [2.24, 2.45) is 0 Å². The van der Waals surface area contributed by atoms with Crippen LogP contribution in [-0.2, 0) is 27.3 Å². The fraction of sp³-hybridized carbons (Fsp3) is 0.432. The third-order valence-electron chi connectivity index (χ3n) is 7.48. The molecule has 46 heavy (non-hydrogen) atoms. The van der Waals surface area contributed by atoms with Gasteiger partial charge >= 0.3 is 6.09 Å². The summed E-state index contributed by atoms with van der Waals surface area (Å²) in [4.78, 5) is 43.2. The van der Waals surface area contributed by atoms with Crippen LogP contribution in [0.1, 0.15) is 89.0 Å². The van der Waals surface area contributed by atoms with E-state index in [0.29, 0.717) is 17.5 Å². The van der Waals surface area contributed by atoms with Gasteiger partial charge in [-0.25, -0.2) is 4.79 Å². The summed E-state index contributed by atoms with van der Waals surface area (Å²) in [6.45, 7) is 7.92. The van der Waals surface area contributed by atoms with Crippen LogP contribution in [0.4, 0.5) is 4.79 Å². The number of nitrogens with zero attached hydrogens (tertiary/aromatic N) is 1. The van der Waals surface area contributed by atoms with Gasteiger partial charge < -0.3 is 30.5 Å². The lowest BCUT2D eigenvalue weighted by molar-refractivity contribution is -0.142. The van der Waals surface area contributed by atoms with Crippen LogP contribution in [0.5, 0.6) is 11.5 Å². The third kappa shape index (κ3) is 12.1. The fourth-order valence-corrected chi connectivity index (χ4v) is 5.16. The van der Waals surface area contributed by atoms with E-state index < -0.39 is 29.7 Å². The summed E-state index contributed by atoms with van der Waals surface area (Å²) in [7, 11) is 0. The minimum Gasteiger partial charge on any atom is -0.508 e. The number of phenols is 2. The maximum atomic E-state index is 14.6. The molecule has 4 N–H and O–H groups in total. The SMILES string of the molecule is CCCCCCCCN(C(=O)C(Cc1ccc(O)cc1)NC(=O)OC(C)(C)C)C(C(=O)NCc1ccccc1)c1ccc(O)cc1. The van der Waals surface area contributed by atoms with Gasteiger partial charge in [-0.05, 0) is 68.1 Å². The molecular weight excluding hydrogens is 582 g/mol. The fourth-order valence-electron chi connectivity index (χ4n) is 5.16. The van der Waals surface area contributed by atoms with Crippen molar-refractivity contribution in [1.29, 1.82) is 0 Å². The van der Waals surface area contributed by atoms with Crippen molar-refractivity contribution >= 4 is 17.9 Å². The molecule has 3 amide bonds. The number of amides is 3. The molecule has 2 unspecified atom stereocenters. The Morgan fingerprint density at radius 2 is 1.37 bits per heavy atom. The largest absolute Gasteiger partial charge is 0.508 e. The Balaban J connectivity index is 2.00. The molecule has 0 aliphatic heterocycles. The minimum absolute atomic E-state index is 0.0396. The van der Waals surface area contributed by atoms with Crippen LogP contribution in [0.3, 0.4) is 0 Å². The average molecular weight is 632 g/mol. The topological polar surface area (TPSA) is 128 Å². The van der Waals surface area contributed by atoms with E-state index in [1.807, 2.05) is 30.3 Å². The van der Waals surface area contributed by atoms with E-state index >= 15 is 0 Å². The van der Waals surface area contributed by atoms with E-state index in [1.54, 1.807) is 45.0 Å². The number of rotatable bonds is 16. The van der Waals surface area contributed by atoms with Gasteiger partial charge in [-0.1, -0.05) is 93.6 Å². The maximum Gasteiger partial charge on any atom is 0.408 e. The number of nitrogens with one attached hydrogen (secondary N) is 2. The van der Waals surface area contributed by atoms with Crippen LogP contribution >= 0.6 is 0 Å². The van der Waals surface area contributed by atoms with Crippen molar-refractivity contribution in [3.63, 3.8) is 0 Å². The molecule has 0 fully saturated rings. The highest BCUT2D eigenvalue weighted by Gasteiger charge is 2.36. The summed E-state index contributed by atoms with van der Waals surface area (Å²) < 4.78 is 5.52. The average Bonchev–Trinajstić information content (AvgIpc) is 3.01. The molecule has 3 rings (SSSR count). The number of carbonyl (C=O) groups is 3. The van der Waals surface area contributed by atoms with Crippen molar-refractivity contribution in [2.45, 2.75) is 96.9 Å². The highest BCUT2D eigenvalue weighted by Crippen LogP contribution is 2.26. The molecule has 3 aromatic carbocycles. The molecule has 0 aliphatic carbocycles. The summed E-state index contributed by atoms with van der Waals surface area (Å²) >= 11 is 0. The predicted molar refractivity (Wildman–Crippen MR) is 179 cm³/mol. The van der Waals surface area contributed by atoms with Gasteiger partial charge in [0.25, 0.3) is 0 Å². The summed E-state index contributed by atoms with van der Waals surface area (Å²) in [5.41, 5.74) is 1.36. The second-order valence-electron chi connectivity index (χ2n) is 12.6. The molecule has 0 aliphatic rings. The molecule has 248 valence electrons. The first-order chi connectivity index (χ1) is 22.0. The van der Waals surface area contributed by atoms with Crippen LogP contribution in [0, 0.1) is 0 Å². The van der Waals surface area contributed by atoms with Gasteiger partial charge in [0.2, 0.25) is 11.8 Å². The molecule has 3 aromatic rings. The number of alkyl carbamates (subject to hydrolysis) is 1. The van der Waals surface area contributed by atoms with E-state index in [0.717, 1.165) is 37.7 Å². The van der Waals surface area contributed by atoms with Crippen molar-refractivity contribution in [2.75, 3.05) is 6.54 Å². The zero-order valence-electron chi connectivity index (χ0n) is 27.5. The van der Waals surface area contributed by atoms with E-state index in [-0.39, 0.29) is 36.9 Å². The van der Waals surface area contributed by atoms with Crippen molar-refractivity contribution in [1.82, 2.24) is 15.5 Å². The second-order valence-corrected chi connectivity index (χ2v) is 12.6. The number of benzene rings is 3. The molecule has 0 heterocycles. The van der Waals surface area contributed by atoms with Gasteiger partial charge in [0.05, 0.1) is 0 Å². The monoisotopic (exact) mass is 631 g/mol. The molecule has 0 radical (unpaired) electrons. The minimum atomic E-state index is -1.07. The highest BCUT2D eigenvalue weighted by molar-refractivity contribution is 5.92. The molecule has 0 bridgehead atoms. The normalized spacial score (nSPS) is 12.5. The predicted octanol–water partition coefficient (Wildman–Crippen LogP) is 6.78. The molecule has 0 aromatic heterocycles.